The molecule has 0 bridgehead atoms. The van der Waals surface area contributed by atoms with Crippen LogP contribution >= 0.6 is 11.3 Å². The average Bonchev–Trinajstić information content (AvgIpc) is 2.83. The molecule has 0 saturated carbocycles. The van der Waals surface area contributed by atoms with Crippen LogP contribution < -0.4 is 5.73 Å². The predicted octanol–water partition coefficient (Wildman–Crippen LogP) is 2.10. The second-order valence-corrected chi connectivity index (χ2v) is 5.74. The average molecular weight is 285 g/mol. The van der Waals surface area contributed by atoms with Crippen LogP contribution in [0.15, 0.2) is 11.4 Å². The zero-order valence-corrected chi connectivity index (χ0v) is 12.1. The van der Waals surface area contributed by atoms with E-state index in [9.17, 15) is 14.9 Å². The molecule has 1 atom stereocenters. The molecule has 1 aromatic heterocycles. The standard InChI is InChI=1S/C12H19N3O3S/c1-8(2)10(13)4-5-14(3)12(16)9-6-11(15(17)18)19-7-9/h6-8,10H,4-5,13H2,1-3H3. The van der Waals surface area contributed by atoms with Crippen molar-refractivity contribution in [3.8, 4) is 0 Å². The molecule has 0 aliphatic heterocycles. The number of nitro groups is 1. The lowest BCUT2D eigenvalue weighted by atomic mass is 10.0. The molecule has 1 heterocycles. The van der Waals surface area contributed by atoms with E-state index in [-0.39, 0.29) is 17.0 Å². The van der Waals surface area contributed by atoms with Crippen LogP contribution in [0.25, 0.3) is 0 Å². The van der Waals surface area contributed by atoms with Crippen LogP contribution in [-0.4, -0.2) is 35.4 Å². The van der Waals surface area contributed by atoms with Crippen molar-refractivity contribution in [3.63, 3.8) is 0 Å². The molecular weight excluding hydrogens is 266 g/mol. The van der Waals surface area contributed by atoms with Crippen molar-refractivity contribution in [2.24, 2.45) is 11.7 Å². The summed E-state index contributed by atoms with van der Waals surface area (Å²) < 4.78 is 0. The van der Waals surface area contributed by atoms with Crippen molar-refractivity contribution in [1.29, 1.82) is 0 Å². The number of rotatable bonds is 6. The minimum atomic E-state index is -0.490. The van der Waals surface area contributed by atoms with Gasteiger partial charge >= 0.3 is 5.00 Å². The highest BCUT2D eigenvalue weighted by atomic mass is 32.1. The van der Waals surface area contributed by atoms with Crippen LogP contribution in [0, 0.1) is 16.0 Å². The number of nitrogens with two attached hydrogens (primary N) is 1. The van der Waals surface area contributed by atoms with Crippen LogP contribution in [0.1, 0.15) is 30.6 Å². The monoisotopic (exact) mass is 285 g/mol. The van der Waals surface area contributed by atoms with Gasteiger partial charge in [0, 0.05) is 31.1 Å². The maximum absolute atomic E-state index is 12.0. The Morgan fingerprint density at radius 1 is 1.58 bits per heavy atom. The Bertz CT molecular complexity index is 459. The summed E-state index contributed by atoms with van der Waals surface area (Å²) in [6, 6.07) is 1.36. The topological polar surface area (TPSA) is 89.5 Å². The van der Waals surface area contributed by atoms with Crippen LogP contribution in [0.5, 0.6) is 0 Å². The number of amides is 1. The number of thiophene rings is 1. The molecule has 106 valence electrons. The molecule has 0 aromatic carbocycles. The van der Waals surface area contributed by atoms with Gasteiger partial charge in [-0.3, -0.25) is 14.9 Å². The molecule has 0 aliphatic carbocycles. The predicted molar refractivity (Wildman–Crippen MR) is 75.4 cm³/mol. The fourth-order valence-corrected chi connectivity index (χ4v) is 2.23. The normalized spacial score (nSPS) is 12.5. The first-order valence-electron chi connectivity index (χ1n) is 6.07. The maximum atomic E-state index is 12.0. The Balaban J connectivity index is 2.58. The summed E-state index contributed by atoms with van der Waals surface area (Å²) in [5, 5.41) is 12.1. The molecule has 1 rings (SSSR count). The Morgan fingerprint density at radius 2 is 2.21 bits per heavy atom. The summed E-state index contributed by atoms with van der Waals surface area (Å²) in [4.78, 5) is 23.7. The smallest absolute Gasteiger partial charge is 0.324 e. The second kappa shape index (κ2) is 6.63. The summed E-state index contributed by atoms with van der Waals surface area (Å²) >= 11 is 0.961. The minimum absolute atomic E-state index is 0.0179. The zero-order chi connectivity index (χ0) is 14.6. The van der Waals surface area contributed by atoms with E-state index >= 15 is 0 Å². The molecule has 0 fully saturated rings. The van der Waals surface area contributed by atoms with Crippen molar-refractivity contribution < 1.29 is 9.72 Å². The lowest BCUT2D eigenvalue weighted by Crippen LogP contribution is -2.34. The molecule has 0 aliphatic rings. The number of hydrogen-bond donors (Lipinski definition) is 1. The lowest BCUT2D eigenvalue weighted by Gasteiger charge is -2.21. The van der Waals surface area contributed by atoms with Gasteiger partial charge in [0.2, 0.25) is 0 Å². The van der Waals surface area contributed by atoms with Gasteiger partial charge in [-0.15, -0.1) is 0 Å². The van der Waals surface area contributed by atoms with Gasteiger partial charge in [-0.05, 0) is 12.3 Å². The molecule has 7 heteroatoms. The Morgan fingerprint density at radius 3 is 2.68 bits per heavy atom. The van der Waals surface area contributed by atoms with Gasteiger partial charge in [0.15, 0.2) is 0 Å². The van der Waals surface area contributed by atoms with Crippen molar-refractivity contribution in [2.75, 3.05) is 13.6 Å². The Labute approximate surface area is 116 Å². The van der Waals surface area contributed by atoms with Crippen molar-refractivity contribution in [3.05, 3.63) is 27.1 Å². The summed E-state index contributed by atoms with van der Waals surface area (Å²) in [7, 11) is 1.68. The second-order valence-electron chi connectivity index (χ2n) is 4.85. The molecule has 19 heavy (non-hydrogen) atoms. The van der Waals surface area contributed by atoms with E-state index in [4.69, 9.17) is 5.73 Å². The minimum Gasteiger partial charge on any atom is -0.342 e. The van der Waals surface area contributed by atoms with Crippen molar-refractivity contribution in [2.45, 2.75) is 26.3 Å². The first-order chi connectivity index (χ1) is 8.82. The SMILES string of the molecule is CC(C)C(N)CCN(C)C(=O)c1csc([N+](=O)[O-])c1. The first kappa shape index (κ1) is 15.6. The molecule has 2 N–H and O–H groups in total. The van der Waals surface area contributed by atoms with Crippen molar-refractivity contribution >= 4 is 22.2 Å². The zero-order valence-electron chi connectivity index (χ0n) is 11.3. The van der Waals surface area contributed by atoms with Gasteiger partial charge in [0.05, 0.1) is 10.5 Å². The molecule has 0 saturated heterocycles. The fourth-order valence-electron chi connectivity index (χ4n) is 1.53. The first-order valence-corrected chi connectivity index (χ1v) is 6.95. The molecule has 1 aromatic rings. The molecule has 6 nitrogen and oxygen atoms in total. The highest BCUT2D eigenvalue weighted by Gasteiger charge is 2.18. The van der Waals surface area contributed by atoms with Crippen molar-refractivity contribution in [1.82, 2.24) is 4.90 Å². The number of carbonyl (C=O) groups excluding carboxylic acids is 1. The fraction of sp³-hybridized carbons (Fsp3) is 0.583. The van der Waals surface area contributed by atoms with E-state index in [0.29, 0.717) is 24.4 Å². The van der Waals surface area contributed by atoms with E-state index < -0.39 is 4.92 Å². The number of carbonyl (C=O) groups is 1. The van der Waals surface area contributed by atoms with Crippen LogP contribution in [0.4, 0.5) is 5.00 Å². The van der Waals surface area contributed by atoms with Crippen LogP contribution in [0.3, 0.4) is 0 Å². The quantitative estimate of drug-likeness (QED) is 0.640. The molecule has 0 spiro atoms. The molecule has 0 radical (unpaired) electrons. The third-order valence-electron chi connectivity index (χ3n) is 3.01. The van der Waals surface area contributed by atoms with E-state index in [1.54, 1.807) is 11.9 Å². The maximum Gasteiger partial charge on any atom is 0.324 e. The van der Waals surface area contributed by atoms with Gasteiger partial charge in [0.1, 0.15) is 0 Å². The Hall–Kier alpha value is -1.47. The Kier molecular flexibility index (Phi) is 5.44. The molecule has 1 amide bonds. The van der Waals surface area contributed by atoms with Gasteiger partial charge in [-0.25, -0.2) is 0 Å². The summed E-state index contributed by atoms with van der Waals surface area (Å²) in [6.45, 7) is 4.62. The highest BCUT2D eigenvalue weighted by Crippen LogP contribution is 2.23. The van der Waals surface area contributed by atoms with Crippen LogP contribution in [-0.2, 0) is 0 Å². The summed E-state index contributed by atoms with van der Waals surface area (Å²) in [5.41, 5.74) is 6.28. The molecular formula is C12H19N3O3S. The van der Waals surface area contributed by atoms with Gasteiger partial charge in [0.25, 0.3) is 5.91 Å². The third-order valence-corrected chi connectivity index (χ3v) is 3.89. The highest BCUT2D eigenvalue weighted by molar-refractivity contribution is 7.13. The van der Waals surface area contributed by atoms with E-state index in [1.807, 2.05) is 13.8 Å². The lowest BCUT2D eigenvalue weighted by molar-refractivity contribution is -0.380. The van der Waals surface area contributed by atoms with Gasteiger partial charge in [-0.2, -0.15) is 0 Å². The molecule has 1 unspecified atom stereocenters. The van der Waals surface area contributed by atoms with E-state index in [2.05, 4.69) is 0 Å². The largest absolute Gasteiger partial charge is 0.342 e. The van der Waals surface area contributed by atoms with Gasteiger partial charge in [-0.1, -0.05) is 25.2 Å². The third kappa shape index (κ3) is 4.29. The van der Waals surface area contributed by atoms with E-state index in [1.165, 1.54) is 11.4 Å². The number of hydrogen-bond acceptors (Lipinski definition) is 5. The van der Waals surface area contributed by atoms with Gasteiger partial charge < -0.3 is 10.6 Å². The van der Waals surface area contributed by atoms with E-state index in [0.717, 1.165) is 11.3 Å². The summed E-state index contributed by atoms with van der Waals surface area (Å²) in [6.07, 6.45) is 0.714. The summed E-state index contributed by atoms with van der Waals surface area (Å²) in [5.74, 6) is 0.158. The number of nitrogens with zero attached hydrogens (tertiary/aromatic N) is 2. The van der Waals surface area contributed by atoms with Crippen LogP contribution in [0.2, 0.25) is 0 Å².